The molecular weight excluding hydrogens is 434 g/mol. The van der Waals surface area contributed by atoms with E-state index in [0.29, 0.717) is 27.7 Å². The van der Waals surface area contributed by atoms with Gasteiger partial charge in [0.2, 0.25) is 5.75 Å². The Kier molecular flexibility index (Phi) is 7.32. The predicted molar refractivity (Wildman–Crippen MR) is 123 cm³/mol. The number of para-hydroxylation sites is 2. The minimum Gasteiger partial charge on any atom is -0.506 e. The van der Waals surface area contributed by atoms with Crippen molar-refractivity contribution in [1.29, 1.82) is 0 Å². The topological polar surface area (TPSA) is 107 Å². The molecule has 2 aromatic carbocycles. The van der Waals surface area contributed by atoms with E-state index in [1.165, 1.54) is 27.4 Å². The Morgan fingerprint density at radius 2 is 1.78 bits per heavy atom. The lowest BCUT2D eigenvalue weighted by atomic mass is 10.1. The fourth-order valence-electron chi connectivity index (χ4n) is 3.02. The van der Waals surface area contributed by atoms with Gasteiger partial charge in [-0.15, -0.1) is 0 Å². The predicted octanol–water partition coefficient (Wildman–Crippen LogP) is 4.61. The number of carbonyl (C=O) groups is 1. The lowest BCUT2D eigenvalue weighted by Gasteiger charge is -2.10. The summed E-state index contributed by atoms with van der Waals surface area (Å²) in [6.07, 6.45) is 1.60. The molecule has 0 atom stereocenters. The summed E-state index contributed by atoms with van der Waals surface area (Å²) in [5.74, 6) is -0.0520. The first-order chi connectivity index (χ1) is 15.4. The third-order valence-corrected chi connectivity index (χ3v) is 5.48. The molecule has 1 aliphatic heterocycles. The van der Waals surface area contributed by atoms with Crippen molar-refractivity contribution < 1.29 is 34.0 Å². The van der Waals surface area contributed by atoms with E-state index in [0.717, 1.165) is 11.8 Å². The number of aliphatic hydroxyl groups excluding tert-OH is 1. The molecule has 32 heavy (non-hydrogen) atoms. The van der Waals surface area contributed by atoms with Crippen LogP contribution in [0.15, 0.2) is 57.6 Å². The van der Waals surface area contributed by atoms with Crippen molar-refractivity contribution in [2.45, 2.75) is 6.92 Å². The maximum Gasteiger partial charge on any atom is 0.344 e. The minimum atomic E-state index is -0.690. The van der Waals surface area contributed by atoms with Crippen LogP contribution in [0.25, 0.3) is 6.08 Å². The lowest BCUT2D eigenvalue weighted by Crippen LogP contribution is -2.12. The number of thioether (sulfide) groups is 1. The SMILES string of the molecule is CCOC(=O)C1=C(O)C(=Cc2cc(O)c(OC)c(OC)c2)SC1=Nc1ccccc1OC. The molecule has 3 rings (SSSR count). The van der Waals surface area contributed by atoms with Gasteiger partial charge in [0.15, 0.2) is 11.5 Å². The quantitative estimate of drug-likeness (QED) is 0.581. The van der Waals surface area contributed by atoms with Crippen molar-refractivity contribution in [2.75, 3.05) is 27.9 Å². The number of hydrogen-bond acceptors (Lipinski definition) is 9. The highest BCUT2D eigenvalue weighted by atomic mass is 32.2. The summed E-state index contributed by atoms with van der Waals surface area (Å²) in [6.45, 7) is 1.82. The maximum atomic E-state index is 12.6. The van der Waals surface area contributed by atoms with Gasteiger partial charge in [-0.3, -0.25) is 0 Å². The number of phenols is 1. The zero-order valence-electron chi connectivity index (χ0n) is 18.0. The van der Waals surface area contributed by atoms with Crippen LogP contribution in [-0.4, -0.2) is 49.2 Å². The zero-order chi connectivity index (χ0) is 23.3. The van der Waals surface area contributed by atoms with E-state index in [1.54, 1.807) is 43.3 Å². The van der Waals surface area contributed by atoms with E-state index < -0.39 is 5.97 Å². The number of esters is 1. The molecule has 2 N–H and O–H groups in total. The molecule has 0 fully saturated rings. The molecule has 168 valence electrons. The van der Waals surface area contributed by atoms with Gasteiger partial charge in [-0.05, 0) is 42.8 Å². The Bertz CT molecular complexity index is 1120. The van der Waals surface area contributed by atoms with Gasteiger partial charge in [0.05, 0.1) is 32.8 Å². The first kappa shape index (κ1) is 23.1. The van der Waals surface area contributed by atoms with Gasteiger partial charge in [0.1, 0.15) is 27.8 Å². The fraction of sp³-hybridized carbons (Fsp3) is 0.217. The number of ether oxygens (including phenoxy) is 4. The number of nitrogens with zero attached hydrogens (tertiary/aromatic N) is 1. The number of rotatable bonds is 7. The van der Waals surface area contributed by atoms with E-state index in [2.05, 4.69) is 4.99 Å². The van der Waals surface area contributed by atoms with Crippen LogP contribution in [0.4, 0.5) is 5.69 Å². The first-order valence-corrected chi connectivity index (χ1v) is 10.4. The molecule has 0 amide bonds. The van der Waals surface area contributed by atoms with Crippen LogP contribution in [0.3, 0.4) is 0 Å². The van der Waals surface area contributed by atoms with Crippen LogP contribution in [0.2, 0.25) is 0 Å². The van der Waals surface area contributed by atoms with Gasteiger partial charge in [0, 0.05) is 0 Å². The van der Waals surface area contributed by atoms with Crippen LogP contribution < -0.4 is 14.2 Å². The monoisotopic (exact) mass is 457 g/mol. The standard InChI is InChI=1S/C23H23NO7S/c1-5-31-23(27)19-20(26)18(12-13-10-15(25)21(30-4)17(11-13)29-3)32-22(19)24-14-8-6-7-9-16(14)28-2/h6-12,25-26H,5H2,1-4H3. The van der Waals surface area contributed by atoms with Crippen LogP contribution >= 0.6 is 11.8 Å². The van der Waals surface area contributed by atoms with Crippen molar-refractivity contribution in [2.24, 2.45) is 4.99 Å². The molecule has 0 aliphatic carbocycles. The average Bonchev–Trinajstić information content (AvgIpc) is 3.08. The molecule has 0 radical (unpaired) electrons. The number of aliphatic hydroxyl groups is 1. The highest BCUT2D eigenvalue weighted by Crippen LogP contribution is 2.43. The van der Waals surface area contributed by atoms with Gasteiger partial charge < -0.3 is 29.2 Å². The molecule has 8 nitrogen and oxygen atoms in total. The summed E-state index contributed by atoms with van der Waals surface area (Å²) in [7, 11) is 4.39. The van der Waals surface area contributed by atoms with E-state index in [-0.39, 0.29) is 34.5 Å². The molecule has 0 saturated carbocycles. The Balaban J connectivity index is 2.10. The summed E-state index contributed by atoms with van der Waals surface area (Å²) in [5.41, 5.74) is 0.978. The highest BCUT2D eigenvalue weighted by Gasteiger charge is 2.33. The number of carbonyl (C=O) groups excluding carboxylic acids is 1. The number of aromatic hydroxyl groups is 1. The number of aliphatic imine (C=N–C) groups is 1. The van der Waals surface area contributed by atoms with Crippen LogP contribution in [0, 0.1) is 0 Å². The van der Waals surface area contributed by atoms with Crippen LogP contribution in [0.1, 0.15) is 12.5 Å². The van der Waals surface area contributed by atoms with Gasteiger partial charge in [-0.25, -0.2) is 9.79 Å². The third kappa shape index (κ3) is 4.67. The molecule has 1 aliphatic rings. The summed E-state index contributed by atoms with van der Waals surface area (Å²) >= 11 is 1.10. The van der Waals surface area contributed by atoms with E-state index >= 15 is 0 Å². The number of hydrogen-bond donors (Lipinski definition) is 2. The molecule has 2 aromatic rings. The Hall–Kier alpha value is -3.59. The van der Waals surface area contributed by atoms with Crippen molar-refractivity contribution >= 4 is 34.5 Å². The van der Waals surface area contributed by atoms with Crippen LogP contribution in [-0.2, 0) is 9.53 Å². The van der Waals surface area contributed by atoms with Gasteiger partial charge >= 0.3 is 5.97 Å². The van der Waals surface area contributed by atoms with Crippen molar-refractivity contribution in [3.05, 3.63) is 58.2 Å². The molecule has 9 heteroatoms. The number of phenolic OH excluding ortho intramolecular Hbond substituents is 1. The average molecular weight is 458 g/mol. The normalized spacial score (nSPS) is 15.9. The zero-order valence-corrected chi connectivity index (χ0v) is 18.9. The van der Waals surface area contributed by atoms with Crippen LogP contribution in [0.5, 0.6) is 23.0 Å². The molecule has 0 aromatic heterocycles. The largest absolute Gasteiger partial charge is 0.506 e. The Labute approximate surface area is 189 Å². The maximum absolute atomic E-state index is 12.6. The van der Waals surface area contributed by atoms with Gasteiger partial charge in [-0.1, -0.05) is 23.9 Å². The first-order valence-electron chi connectivity index (χ1n) is 9.60. The van der Waals surface area contributed by atoms with E-state index in [1.807, 2.05) is 0 Å². The summed E-state index contributed by atoms with van der Waals surface area (Å²) in [6, 6.07) is 10.2. The third-order valence-electron chi connectivity index (χ3n) is 4.46. The second-order valence-electron chi connectivity index (χ2n) is 6.42. The summed E-state index contributed by atoms with van der Waals surface area (Å²) in [5, 5.41) is 21.3. The fourth-order valence-corrected chi connectivity index (χ4v) is 4.05. The Morgan fingerprint density at radius 3 is 2.44 bits per heavy atom. The molecule has 0 saturated heterocycles. The van der Waals surface area contributed by atoms with E-state index in [4.69, 9.17) is 18.9 Å². The van der Waals surface area contributed by atoms with Gasteiger partial charge in [0.25, 0.3) is 0 Å². The molecule has 0 spiro atoms. The molecule has 0 bridgehead atoms. The number of methoxy groups -OCH3 is 3. The second kappa shape index (κ2) is 10.1. The highest BCUT2D eigenvalue weighted by molar-refractivity contribution is 8.18. The van der Waals surface area contributed by atoms with Crippen molar-refractivity contribution in [1.82, 2.24) is 0 Å². The number of benzene rings is 2. The lowest BCUT2D eigenvalue weighted by molar-refractivity contribution is -0.138. The van der Waals surface area contributed by atoms with Crippen molar-refractivity contribution in [3.63, 3.8) is 0 Å². The second-order valence-corrected chi connectivity index (χ2v) is 7.45. The molecule has 0 unspecified atom stereocenters. The van der Waals surface area contributed by atoms with Crippen molar-refractivity contribution in [3.8, 4) is 23.0 Å². The summed E-state index contributed by atoms with van der Waals surface area (Å²) in [4.78, 5) is 17.5. The van der Waals surface area contributed by atoms with Gasteiger partial charge in [-0.2, -0.15) is 0 Å². The minimum absolute atomic E-state index is 0.0429. The smallest absolute Gasteiger partial charge is 0.344 e. The molecule has 1 heterocycles. The Morgan fingerprint density at radius 1 is 1.06 bits per heavy atom. The molecular formula is C23H23NO7S. The van der Waals surface area contributed by atoms with E-state index in [9.17, 15) is 15.0 Å². The summed E-state index contributed by atoms with van der Waals surface area (Å²) < 4.78 is 20.8.